The molecule has 1 aliphatic rings. The Morgan fingerprint density at radius 3 is 1.86 bits per heavy atom. The van der Waals surface area contributed by atoms with Crippen molar-refractivity contribution in [1.82, 2.24) is 0 Å². The van der Waals surface area contributed by atoms with E-state index in [1.807, 2.05) is 6.07 Å². The molecule has 8 rings (SSSR count). The number of hydrogen-bond acceptors (Lipinski definition) is 0. The van der Waals surface area contributed by atoms with E-state index in [-0.39, 0.29) is 0 Å². The maximum atomic E-state index is 4.93. The monoisotopic (exact) mass is 696 g/mol. The molecule has 0 fully saturated rings. The van der Waals surface area contributed by atoms with Crippen molar-refractivity contribution in [2.24, 2.45) is 0 Å². The van der Waals surface area contributed by atoms with Crippen LogP contribution in [0.2, 0.25) is 0 Å². The molecule has 7 aromatic carbocycles. The molecule has 0 saturated carbocycles. The van der Waals surface area contributed by atoms with Gasteiger partial charge in [0.25, 0.3) is 0 Å². The van der Waals surface area contributed by atoms with Crippen LogP contribution in [-0.4, -0.2) is 9.52 Å². The summed E-state index contributed by atoms with van der Waals surface area (Å²) in [4.78, 5) is 0. The normalized spacial score (nSPS) is 10.9. The van der Waals surface area contributed by atoms with Gasteiger partial charge in [-0.1, -0.05) is 138 Å². The minimum absolute atomic E-state index is 0.795. The smallest absolute Gasteiger partial charge is 0.0920 e. The Bertz CT molecular complexity index is 1950. The maximum Gasteiger partial charge on any atom is 0.0920 e. The molecule has 0 bridgehead atoms. The van der Waals surface area contributed by atoms with Crippen molar-refractivity contribution in [3.63, 3.8) is 0 Å². The van der Waals surface area contributed by atoms with Gasteiger partial charge in [-0.3, -0.25) is 0 Å². The third kappa shape index (κ3) is 6.65. The zero-order chi connectivity index (χ0) is 30.3. The van der Waals surface area contributed by atoms with Gasteiger partial charge in [-0.15, -0.1) is 34.0 Å². The second-order valence-corrected chi connectivity index (χ2v) is 15.5. The Balaban J connectivity index is 0.000000177. The fourth-order valence-electron chi connectivity index (χ4n) is 5.88. The minimum Gasteiger partial charge on any atom is -0.184 e. The summed E-state index contributed by atoms with van der Waals surface area (Å²) in [6.07, 6.45) is 0. The molecule has 0 amide bonds. The van der Waals surface area contributed by atoms with Gasteiger partial charge >= 0.3 is 37.9 Å². The summed E-state index contributed by atoms with van der Waals surface area (Å²) in [5.74, 6) is 0. The molecule has 0 unspecified atom stereocenters. The Hall–Kier alpha value is -3.39. The average molecular weight is 699 g/mol. The Morgan fingerprint density at radius 2 is 1.16 bits per heavy atom. The second-order valence-electron chi connectivity index (χ2n) is 10.5. The van der Waals surface area contributed by atoms with Crippen LogP contribution >= 0.6 is 17.0 Å². The summed E-state index contributed by atoms with van der Waals surface area (Å²) in [6, 6.07) is 57.4. The van der Waals surface area contributed by atoms with E-state index in [4.69, 9.17) is 17.0 Å². The van der Waals surface area contributed by atoms with E-state index < -0.39 is 20.8 Å². The molecule has 0 atom stereocenters. The Labute approximate surface area is 281 Å². The summed E-state index contributed by atoms with van der Waals surface area (Å²) in [7, 11) is 10.7. The van der Waals surface area contributed by atoms with E-state index in [1.165, 1.54) is 71.2 Å². The van der Waals surface area contributed by atoms with Crippen molar-refractivity contribution in [3.8, 4) is 44.5 Å². The van der Waals surface area contributed by atoms with Crippen LogP contribution in [0, 0.1) is 13.0 Å². The molecule has 44 heavy (non-hydrogen) atoms. The van der Waals surface area contributed by atoms with Crippen LogP contribution in [0.4, 0.5) is 0 Å². The zero-order valence-corrected chi connectivity index (χ0v) is 29.2. The predicted octanol–water partition coefficient (Wildman–Crippen LogP) is 10.4. The molecular weight excluding hydrogens is 671 g/mol. The van der Waals surface area contributed by atoms with E-state index in [2.05, 4.69) is 159 Å². The molecule has 2 radical (unpaired) electrons. The maximum absolute atomic E-state index is 4.93. The predicted molar refractivity (Wildman–Crippen MR) is 188 cm³/mol. The van der Waals surface area contributed by atoms with Gasteiger partial charge in [0, 0.05) is 0 Å². The van der Waals surface area contributed by atoms with E-state index in [0.717, 1.165) is 9.52 Å². The average Bonchev–Trinajstić information content (AvgIpc) is 3.65. The van der Waals surface area contributed by atoms with E-state index in [1.54, 1.807) is 0 Å². The molecule has 1 aliphatic heterocycles. The van der Waals surface area contributed by atoms with Gasteiger partial charge in [-0.25, -0.2) is 0 Å². The van der Waals surface area contributed by atoms with Crippen molar-refractivity contribution in [3.05, 3.63) is 163 Å². The topological polar surface area (TPSA) is 0 Å². The van der Waals surface area contributed by atoms with Gasteiger partial charge in [0.05, 0.1) is 9.52 Å². The summed E-state index contributed by atoms with van der Waals surface area (Å²) in [6.45, 7) is 2.18. The van der Waals surface area contributed by atoms with E-state index >= 15 is 0 Å². The Kier molecular flexibility index (Phi) is 10.2. The molecule has 0 saturated heterocycles. The van der Waals surface area contributed by atoms with Crippen molar-refractivity contribution in [2.75, 3.05) is 0 Å². The fourth-order valence-corrected chi connectivity index (χ4v) is 7.19. The summed E-state index contributed by atoms with van der Waals surface area (Å²) in [5, 5.41) is 5.45. The molecule has 0 spiro atoms. The van der Waals surface area contributed by atoms with Crippen molar-refractivity contribution < 1.29 is 20.8 Å². The fraction of sp³-hybridized carbons (Fsp3) is 0.0250. The van der Waals surface area contributed by atoms with Crippen LogP contribution in [0.1, 0.15) is 5.56 Å². The first-order valence-electron chi connectivity index (χ1n) is 14.4. The molecule has 0 N–H and O–H groups in total. The number of benzene rings is 6. The van der Waals surface area contributed by atoms with Crippen LogP contribution in [0.15, 0.2) is 152 Å². The number of aryl methyl sites for hydroxylation is 1. The molecule has 7 aromatic rings. The Morgan fingerprint density at radius 1 is 0.591 bits per heavy atom. The number of rotatable bonds is 3. The van der Waals surface area contributed by atoms with Crippen LogP contribution in [0.25, 0.3) is 55.3 Å². The molecule has 0 aromatic heterocycles. The molecule has 0 nitrogen and oxygen atoms in total. The number of fused-ring (bicyclic) bond motifs is 4. The van der Waals surface area contributed by atoms with E-state index in [0.29, 0.717) is 0 Å². The zero-order valence-electron chi connectivity index (χ0n) is 24.2. The first-order chi connectivity index (χ1) is 21.7. The third-order valence-corrected chi connectivity index (χ3v) is 9.10. The largest absolute Gasteiger partial charge is 0.184 e. The van der Waals surface area contributed by atoms with Crippen LogP contribution in [0.3, 0.4) is 0 Å². The van der Waals surface area contributed by atoms with Gasteiger partial charge in [0.15, 0.2) is 0 Å². The van der Waals surface area contributed by atoms with Crippen molar-refractivity contribution in [2.45, 2.75) is 6.92 Å². The van der Waals surface area contributed by atoms with Gasteiger partial charge in [0.2, 0.25) is 0 Å². The van der Waals surface area contributed by atoms with Crippen LogP contribution in [-0.2, 0) is 20.8 Å². The number of hydrogen-bond donors (Lipinski definition) is 0. The van der Waals surface area contributed by atoms with Crippen LogP contribution in [0.5, 0.6) is 0 Å². The molecule has 0 aliphatic carbocycles. The first-order valence-corrected chi connectivity index (χ1v) is 21.7. The second kappa shape index (κ2) is 14.6. The quantitative estimate of drug-likeness (QED) is 0.127. The van der Waals surface area contributed by atoms with Gasteiger partial charge in [-0.2, -0.15) is 35.5 Å². The van der Waals surface area contributed by atoms with Crippen molar-refractivity contribution >= 4 is 47.7 Å². The summed E-state index contributed by atoms with van der Waals surface area (Å²) < 4.78 is 0. The summed E-state index contributed by atoms with van der Waals surface area (Å²) in [5.41, 5.74) is 11.7. The third-order valence-electron chi connectivity index (χ3n) is 7.73. The van der Waals surface area contributed by atoms with Crippen LogP contribution < -0.4 is 10.4 Å². The molecule has 1 heterocycles. The minimum atomic E-state index is -0.826. The molecule has 4 heteroatoms. The SMILES string of the molecule is Cc1cc2c(-c3ccccc3-c3ccccc3)c(-c3ccccc3)ccc2[cH-]1.[Cl][Zr+2][Cl].[c-]1cccc2c1[Si]c1ccccc1-2. The van der Waals surface area contributed by atoms with E-state index in [9.17, 15) is 0 Å². The molecular formula is C40H28Cl2SiZr. The van der Waals surface area contributed by atoms with Gasteiger partial charge < -0.3 is 0 Å². The number of halogens is 2. The molecule has 210 valence electrons. The summed E-state index contributed by atoms with van der Waals surface area (Å²) >= 11 is -0.826. The standard InChI is InChI=1S/C28H21.C12H7Si.2ClH.Zr/c1-20-18-23-16-17-25(22-12-6-3-7-13-22)28(27(23)19-20)26-15-9-8-14-24(26)21-10-4-2-5-11-21;1-3-7-11-9(5-1)10-6-2-4-8-12(10)13-11;;;/h2-19H,1H3;1-7H;2*1H;/q2*-1;;;+4/p-2. The van der Waals surface area contributed by atoms with Gasteiger partial charge in [0.1, 0.15) is 0 Å². The van der Waals surface area contributed by atoms with Crippen molar-refractivity contribution in [1.29, 1.82) is 0 Å². The van der Waals surface area contributed by atoms with Gasteiger partial charge in [-0.05, 0) is 27.8 Å². The first kappa shape index (κ1) is 30.6.